The van der Waals surface area contributed by atoms with Crippen LogP contribution < -0.4 is 11.5 Å². The Labute approximate surface area is 130 Å². The summed E-state index contributed by atoms with van der Waals surface area (Å²) in [6.07, 6.45) is 1.11. The molecule has 0 aliphatic carbocycles. The molecule has 0 aliphatic heterocycles. The van der Waals surface area contributed by atoms with E-state index in [4.69, 9.17) is 22.0 Å². The molecule has 0 amide bonds. The van der Waals surface area contributed by atoms with Gasteiger partial charge >= 0.3 is 0 Å². The van der Waals surface area contributed by atoms with Crippen LogP contribution in [-0.4, -0.2) is 12.1 Å². The summed E-state index contributed by atoms with van der Waals surface area (Å²) < 4.78 is 0. The Morgan fingerprint density at radius 1 is 0.682 bits per heavy atom. The monoisotopic (exact) mass is 290 g/mol. The van der Waals surface area contributed by atoms with Gasteiger partial charge in [-0.25, -0.2) is 0 Å². The van der Waals surface area contributed by atoms with Gasteiger partial charge in [-0.1, -0.05) is 48.5 Å². The van der Waals surface area contributed by atoms with Crippen molar-refractivity contribution < 1.29 is 0 Å². The zero-order valence-corrected chi connectivity index (χ0v) is 12.2. The summed E-state index contributed by atoms with van der Waals surface area (Å²) in [5, 5.41) is 17.5. The lowest BCUT2D eigenvalue weighted by atomic mass is 9.99. The summed E-state index contributed by atoms with van der Waals surface area (Å²) in [4.78, 5) is 0. The molecule has 110 valence electrons. The fourth-order valence-electron chi connectivity index (χ4n) is 2.27. The minimum Gasteiger partial charge on any atom is -0.316 e. The van der Waals surface area contributed by atoms with Crippen molar-refractivity contribution in [1.82, 2.24) is 0 Å². The van der Waals surface area contributed by atoms with Gasteiger partial charge in [0.05, 0.1) is 24.2 Å². The van der Waals surface area contributed by atoms with Gasteiger partial charge in [0.2, 0.25) is 0 Å². The van der Waals surface area contributed by atoms with Crippen LogP contribution in [0.2, 0.25) is 0 Å². The second kappa shape index (κ2) is 7.38. The Kier molecular flexibility index (Phi) is 5.27. The molecule has 2 atom stereocenters. The summed E-state index contributed by atoms with van der Waals surface area (Å²) in [6, 6.07) is 19.2. The Balaban J connectivity index is 2.09. The highest BCUT2D eigenvalue weighted by molar-refractivity contribution is 5.64. The Hall–Kier alpha value is -2.66. The third-order valence-electron chi connectivity index (χ3n) is 3.48. The van der Waals surface area contributed by atoms with Gasteiger partial charge in [0.25, 0.3) is 0 Å². The molecule has 0 spiro atoms. The normalized spacial score (nSPS) is 12.9. The molecule has 2 aromatic carbocycles. The molecule has 22 heavy (non-hydrogen) atoms. The minimum absolute atomic E-state index is 0.463. The van der Waals surface area contributed by atoms with Gasteiger partial charge in [-0.2, -0.15) is 10.5 Å². The van der Waals surface area contributed by atoms with E-state index in [0.717, 1.165) is 22.3 Å². The van der Waals surface area contributed by atoms with Crippen LogP contribution in [0.15, 0.2) is 48.5 Å². The van der Waals surface area contributed by atoms with Gasteiger partial charge in [-0.05, 0) is 22.3 Å². The maximum absolute atomic E-state index is 8.73. The van der Waals surface area contributed by atoms with E-state index < -0.39 is 12.1 Å². The molecular formula is C18H18N4. The van der Waals surface area contributed by atoms with Crippen molar-refractivity contribution in [2.24, 2.45) is 11.5 Å². The van der Waals surface area contributed by atoms with E-state index in [1.165, 1.54) is 0 Å². The standard InChI is InChI=1S/C18H18N4/c19-11-17(21)9-13-1-5-15(6-2-13)16-7-3-14(4-8-16)10-18(22)12-20/h1-8,17-18H,9-10,21-22H2. The van der Waals surface area contributed by atoms with Crippen molar-refractivity contribution in [2.45, 2.75) is 24.9 Å². The number of nitriles is 2. The fourth-order valence-corrected chi connectivity index (χ4v) is 2.27. The van der Waals surface area contributed by atoms with Crippen LogP contribution in [0.5, 0.6) is 0 Å². The number of nitrogens with two attached hydrogens (primary N) is 2. The molecule has 2 aromatic rings. The first-order valence-electron chi connectivity index (χ1n) is 7.11. The zero-order chi connectivity index (χ0) is 15.9. The Bertz CT molecular complexity index is 626. The molecule has 0 aromatic heterocycles. The maximum atomic E-state index is 8.73. The fraction of sp³-hybridized carbons (Fsp3) is 0.222. The Morgan fingerprint density at radius 3 is 1.27 bits per heavy atom. The minimum atomic E-state index is -0.463. The molecule has 2 unspecified atom stereocenters. The molecule has 0 saturated carbocycles. The van der Waals surface area contributed by atoms with Crippen LogP contribution in [0.25, 0.3) is 11.1 Å². The molecule has 4 N–H and O–H groups in total. The topological polar surface area (TPSA) is 99.6 Å². The molecule has 0 aliphatic rings. The molecule has 0 bridgehead atoms. The van der Waals surface area contributed by atoms with Gasteiger partial charge in [0.1, 0.15) is 0 Å². The van der Waals surface area contributed by atoms with Crippen molar-refractivity contribution in [3.63, 3.8) is 0 Å². The first-order valence-corrected chi connectivity index (χ1v) is 7.11. The third kappa shape index (κ3) is 4.17. The molecule has 0 heterocycles. The molecule has 4 nitrogen and oxygen atoms in total. The summed E-state index contributed by atoms with van der Waals surface area (Å²) in [7, 11) is 0. The van der Waals surface area contributed by atoms with Gasteiger partial charge in [-0.15, -0.1) is 0 Å². The highest BCUT2D eigenvalue weighted by Crippen LogP contribution is 2.21. The van der Waals surface area contributed by atoms with E-state index in [2.05, 4.69) is 0 Å². The lowest BCUT2D eigenvalue weighted by molar-refractivity contribution is 0.823. The average Bonchev–Trinajstić information content (AvgIpc) is 2.56. The number of benzene rings is 2. The van der Waals surface area contributed by atoms with Crippen LogP contribution in [-0.2, 0) is 12.8 Å². The summed E-state index contributed by atoms with van der Waals surface area (Å²) >= 11 is 0. The van der Waals surface area contributed by atoms with Crippen LogP contribution in [0.3, 0.4) is 0 Å². The second-order valence-electron chi connectivity index (χ2n) is 5.27. The second-order valence-corrected chi connectivity index (χ2v) is 5.27. The van der Waals surface area contributed by atoms with Crippen LogP contribution in [0.4, 0.5) is 0 Å². The predicted octanol–water partition coefficient (Wildman–Crippen LogP) is 2.14. The van der Waals surface area contributed by atoms with E-state index >= 15 is 0 Å². The highest BCUT2D eigenvalue weighted by atomic mass is 14.6. The van der Waals surface area contributed by atoms with Crippen molar-refractivity contribution >= 4 is 0 Å². The highest BCUT2D eigenvalue weighted by Gasteiger charge is 2.05. The van der Waals surface area contributed by atoms with E-state index in [9.17, 15) is 0 Å². The van der Waals surface area contributed by atoms with Gasteiger partial charge < -0.3 is 11.5 Å². The first kappa shape index (κ1) is 15.7. The molecule has 0 saturated heterocycles. The Morgan fingerprint density at radius 2 is 1.00 bits per heavy atom. The zero-order valence-electron chi connectivity index (χ0n) is 12.2. The van der Waals surface area contributed by atoms with E-state index in [1.54, 1.807) is 0 Å². The maximum Gasteiger partial charge on any atom is 0.0968 e. The largest absolute Gasteiger partial charge is 0.316 e. The SMILES string of the molecule is N#CC(N)Cc1ccc(-c2ccc(CC(N)C#N)cc2)cc1. The summed E-state index contributed by atoms with van der Waals surface area (Å²) in [5.41, 5.74) is 15.6. The van der Waals surface area contributed by atoms with Gasteiger partial charge in [0.15, 0.2) is 0 Å². The predicted molar refractivity (Wildman–Crippen MR) is 86.5 cm³/mol. The number of hydrogen-bond acceptors (Lipinski definition) is 4. The smallest absolute Gasteiger partial charge is 0.0968 e. The average molecular weight is 290 g/mol. The molecule has 4 heteroatoms. The molecule has 0 radical (unpaired) electrons. The van der Waals surface area contributed by atoms with Crippen LogP contribution >= 0.6 is 0 Å². The lowest BCUT2D eigenvalue weighted by Gasteiger charge is -2.07. The first-order chi connectivity index (χ1) is 10.6. The third-order valence-corrected chi connectivity index (χ3v) is 3.48. The quantitative estimate of drug-likeness (QED) is 0.881. The summed E-state index contributed by atoms with van der Waals surface area (Å²) in [5.74, 6) is 0. The van der Waals surface area contributed by atoms with Crippen LogP contribution in [0, 0.1) is 22.7 Å². The number of rotatable bonds is 5. The molecule has 0 fully saturated rings. The van der Waals surface area contributed by atoms with Crippen molar-refractivity contribution in [3.05, 3.63) is 59.7 Å². The lowest BCUT2D eigenvalue weighted by Crippen LogP contribution is -2.20. The van der Waals surface area contributed by atoms with Gasteiger partial charge in [-0.3, -0.25) is 0 Å². The number of hydrogen-bond donors (Lipinski definition) is 2. The van der Waals surface area contributed by atoms with Crippen molar-refractivity contribution in [2.75, 3.05) is 0 Å². The number of nitrogens with zero attached hydrogens (tertiary/aromatic N) is 2. The van der Waals surface area contributed by atoms with Gasteiger partial charge in [0, 0.05) is 12.8 Å². The van der Waals surface area contributed by atoms with Crippen molar-refractivity contribution in [1.29, 1.82) is 10.5 Å². The van der Waals surface area contributed by atoms with E-state index in [1.807, 2.05) is 60.7 Å². The molecule has 2 rings (SSSR count). The summed E-state index contributed by atoms with van der Waals surface area (Å²) in [6.45, 7) is 0. The van der Waals surface area contributed by atoms with E-state index in [-0.39, 0.29) is 0 Å². The van der Waals surface area contributed by atoms with Crippen LogP contribution in [0.1, 0.15) is 11.1 Å². The van der Waals surface area contributed by atoms with Crippen molar-refractivity contribution in [3.8, 4) is 23.3 Å². The molecular weight excluding hydrogens is 272 g/mol. The van der Waals surface area contributed by atoms with E-state index in [0.29, 0.717) is 12.8 Å².